The van der Waals surface area contributed by atoms with Gasteiger partial charge < -0.3 is 10.6 Å². The lowest BCUT2D eigenvalue weighted by Crippen LogP contribution is -2.23. The van der Waals surface area contributed by atoms with Gasteiger partial charge in [0.05, 0.1) is 18.3 Å². The zero-order chi connectivity index (χ0) is 13.1. The van der Waals surface area contributed by atoms with Crippen LogP contribution in [0.4, 0.5) is 5.82 Å². The number of thiophene rings is 1. The minimum atomic E-state index is -0.000824. The molecular weight excluding hydrogens is 314 g/mol. The van der Waals surface area contributed by atoms with Crippen LogP contribution in [0.2, 0.25) is 0 Å². The molecule has 0 aromatic carbocycles. The maximum Gasteiger partial charge on any atom is 0.162 e. The fraction of sp³-hybridized carbons (Fsp3) is 0.182. The van der Waals surface area contributed by atoms with E-state index in [0.29, 0.717) is 17.9 Å². The number of anilines is 1. The summed E-state index contributed by atoms with van der Waals surface area (Å²) in [4.78, 5) is 3.13. The molecule has 7 heteroatoms. The molecule has 0 bridgehead atoms. The summed E-state index contributed by atoms with van der Waals surface area (Å²) >= 11 is 5.09. The van der Waals surface area contributed by atoms with Crippen molar-refractivity contribution >= 4 is 38.9 Å². The van der Waals surface area contributed by atoms with Gasteiger partial charge in [-0.25, -0.2) is 0 Å². The molecule has 0 saturated carbocycles. The number of amidine groups is 1. The standard InChI is InChI=1S/C11H12BrN5S/c1-17(5-8-4-7(12)6-18-8)11-9(10(13)14)2-3-15-16-11/h2-4,6H,5H2,1H3,(H3,13,14). The van der Waals surface area contributed by atoms with Crippen molar-refractivity contribution in [2.75, 3.05) is 11.9 Å². The van der Waals surface area contributed by atoms with Crippen molar-refractivity contribution in [2.24, 2.45) is 5.73 Å². The third kappa shape index (κ3) is 2.85. The van der Waals surface area contributed by atoms with E-state index in [1.807, 2.05) is 17.3 Å². The Labute approximate surface area is 117 Å². The van der Waals surface area contributed by atoms with Gasteiger partial charge in [0, 0.05) is 21.8 Å². The van der Waals surface area contributed by atoms with Gasteiger partial charge in [0.2, 0.25) is 0 Å². The number of nitrogen functional groups attached to an aromatic ring is 1. The minimum Gasteiger partial charge on any atom is -0.384 e. The molecular formula is C11H12BrN5S. The van der Waals surface area contributed by atoms with Crippen molar-refractivity contribution in [1.29, 1.82) is 5.41 Å². The molecule has 5 nitrogen and oxygen atoms in total. The van der Waals surface area contributed by atoms with Crippen molar-refractivity contribution in [3.05, 3.63) is 38.6 Å². The average molecular weight is 326 g/mol. The Kier molecular flexibility index (Phi) is 3.93. The first-order chi connectivity index (χ1) is 8.58. The van der Waals surface area contributed by atoms with Crippen LogP contribution >= 0.6 is 27.3 Å². The van der Waals surface area contributed by atoms with Crippen LogP contribution in [0.1, 0.15) is 10.4 Å². The van der Waals surface area contributed by atoms with Gasteiger partial charge in [0.25, 0.3) is 0 Å². The third-order valence-electron chi connectivity index (χ3n) is 2.37. The van der Waals surface area contributed by atoms with Gasteiger partial charge in [-0.2, -0.15) is 5.10 Å². The SMILES string of the molecule is CN(Cc1cc(Br)cs1)c1nnccc1C(=N)N. The van der Waals surface area contributed by atoms with E-state index >= 15 is 0 Å². The molecule has 0 unspecified atom stereocenters. The van der Waals surface area contributed by atoms with E-state index in [9.17, 15) is 0 Å². The van der Waals surface area contributed by atoms with Crippen molar-refractivity contribution in [3.8, 4) is 0 Å². The van der Waals surface area contributed by atoms with E-state index in [-0.39, 0.29) is 5.84 Å². The van der Waals surface area contributed by atoms with Crippen LogP contribution in [0.3, 0.4) is 0 Å². The molecule has 0 aliphatic carbocycles. The van der Waals surface area contributed by atoms with Gasteiger partial charge in [-0.1, -0.05) is 0 Å². The Bertz CT molecular complexity index is 568. The summed E-state index contributed by atoms with van der Waals surface area (Å²) in [5, 5.41) is 17.5. The van der Waals surface area contributed by atoms with Gasteiger partial charge in [0.15, 0.2) is 5.82 Å². The fourth-order valence-electron chi connectivity index (χ4n) is 1.56. The lowest BCUT2D eigenvalue weighted by molar-refractivity contribution is 0.873. The summed E-state index contributed by atoms with van der Waals surface area (Å²) in [5.74, 6) is 0.619. The highest BCUT2D eigenvalue weighted by Gasteiger charge is 2.12. The third-order valence-corrected chi connectivity index (χ3v) is 4.05. The molecule has 3 N–H and O–H groups in total. The maximum absolute atomic E-state index is 7.53. The van der Waals surface area contributed by atoms with E-state index in [4.69, 9.17) is 11.1 Å². The molecule has 0 spiro atoms. The molecule has 2 heterocycles. The number of hydrogen-bond acceptors (Lipinski definition) is 5. The Balaban J connectivity index is 2.23. The van der Waals surface area contributed by atoms with Crippen molar-refractivity contribution < 1.29 is 0 Å². The quantitative estimate of drug-likeness (QED) is 0.667. The van der Waals surface area contributed by atoms with Crippen LogP contribution in [0.15, 0.2) is 28.2 Å². The first-order valence-corrected chi connectivity index (χ1v) is 6.85. The summed E-state index contributed by atoms with van der Waals surface area (Å²) in [6, 6.07) is 3.76. The molecule has 0 saturated heterocycles. The number of hydrogen-bond donors (Lipinski definition) is 2. The van der Waals surface area contributed by atoms with Crippen LogP contribution in [0.25, 0.3) is 0 Å². The first kappa shape index (κ1) is 13.0. The highest BCUT2D eigenvalue weighted by atomic mass is 79.9. The monoisotopic (exact) mass is 325 g/mol. The summed E-state index contributed by atoms with van der Waals surface area (Å²) in [7, 11) is 1.91. The van der Waals surface area contributed by atoms with E-state index in [2.05, 4.69) is 32.2 Å². The second-order valence-electron chi connectivity index (χ2n) is 3.77. The highest BCUT2D eigenvalue weighted by Crippen LogP contribution is 2.23. The molecule has 18 heavy (non-hydrogen) atoms. The van der Waals surface area contributed by atoms with Crippen LogP contribution < -0.4 is 10.6 Å². The number of rotatable bonds is 4. The average Bonchev–Trinajstić information content (AvgIpc) is 2.74. The second kappa shape index (κ2) is 5.45. The van der Waals surface area contributed by atoms with Gasteiger partial charge in [-0.05, 0) is 28.1 Å². The van der Waals surface area contributed by atoms with E-state index in [1.54, 1.807) is 17.4 Å². The molecule has 0 aliphatic rings. The summed E-state index contributed by atoms with van der Waals surface area (Å²) in [5.41, 5.74) is 6.13. The Morgan fingerprint density at radius 1 is 1.61 bits per heavy atom. The molecule has 0 aliphatic heterocycles. The summed E-state index contributed by atoms with van der Waals surface area (Å²) in [6.07, 6.45) is 1.54. The summed E-state index contributed by atoms with van der Waals surface area (Å²) < 4.78 is 1.07. The lowest BCUT2D eigenvalue weighted by atomic mass is 10.2. The molecule has 0 atom stereocenters. The van der Waals surface area contributed by atoms with Gasteiger partial charge in [-0.15, -0.1) is 16.4 Å². The zero-order valence-electron chi connectivity index (χ0n) is 9.72. The number of halogens is 1. The zero-order valence-corrected chi connectivity index (χ0v) is 12.1. The minimum absolute atomic E-state index is 0.000824. The van der Waals surface area contributed by atoms with Crippen LogP contribution in [0, 0.1) is 5.41 Å². The van der Waals surface area contributed by atoms with E-state index in [0.717, 1.165) is 4.47 Å². The van der Waals surface area contributed by atoms with Crippen LogP contribution in [-0.4, -0.2) is 23.1 Å². The smallest absolute Gasteiger partial charge is 0.162 e. The Morgan fingerprint density at radius 2 is 2.39 bits per heavy atom. The van der Waals surface area contributed by atoms with Crippen molar-refractivity contribution in [2.45, 2.75) is 6.54 Å². The molecule has 0 radical (unpaired) electrons. The largest absolute Gasteiger partial charge is 0.384 e. The predicted octanol–water partition coefficient (Wildman–Crippen LogP) is 2.22. The van der Waals surface area contributed by atoms with Gasteiger partial charge in [-0.3, -0.25) is 5.41 Å². The van der Waals surface area contributed by atoms with E-state index in [1.165, 1.54) is 11.1 Å². The highest BCUT2D eigenvalue weighted by molar-refractivity contribution is 9.10. The van der Waals surface area contributed by atoms with Crippen molar-refractivity contribution in [1.82, 2.24) is 10.2 Å². The number of nitrogens with two attached hydrogens (primary N) is 1. The molecule has 2 aromatic heterocycles. The number of nitrogens with one attached hydrogen (secondary N) is 1. The Hall–Kier alpha value is -1.47. The summed E-state index contributed by atoms with van der Waals surface area (Å²) in [6.45, 7) is 0.704. The Morgan fingerprint density at radius 3 is 3.00 bits per heavy atom. The second-order valence-corrected chi connectivity index (χ2v) is 5.68. The number of aromatic nitrogens is 2. The van der Waals surface area contributed by atoms with Gasteiger partial charge >= 0.3 is 0 Å². The topological polar surface area (TPSA) is 78.9 Å². The molecule has 0 fully saturated rings. The lowest BCUT2D eigenvalue weighted by Gasteiger charge is -2.18. The predicted molar refractivity (Wildman–Crippen MR) is 77.2 cm³/mol. The van der Waals surface area contributed by atoms with Crippen LogP contribution in [0.5, 0.6) is 0 Å². The van der Waals surface area contributed by atoms with Gasteiger partial charge in [0.1, 0.15) is 5.84 Å². The van der Waals surface area contributed by atoms with Crippen LogP contribution in [-0.2, 0) is 6.54 Å². The molecule has 2 aromatic rings. The normalized spacial score (nSPS) is 10.3. The molecule has 2 rings (SSSR count). The number of nitrogens with zero attached hydrogens (tertiary/aromatic N) is 3. The first-order valence-electron chi connectivity index (χ1n) is 5.18. The fourth-order valence-corrected chi connectivity index (χ4v) is 3.07. The maximum atomic E-state index is 7.53. The van der Waals surface area contributed by atoms with Crippen molar-refractivity contribution in [3.63, 3.8) is 0 Å². The van der Waals surface area contributed by atoms with E-state index < -0.39 is 0 Å². The molecule has 94 valence electrons. The molecule has 0 amide bonds.